The number of anilines is 2. The minimum absolute atomic E-state index is 0.0986. The molecule has 0 bridgehead atoms. The van der Waals surface area contributed by atoms with Crippen LogP contribution in [-0.4, -0.2) is 31.1 Å². The third kappa shape index (κ3) is 4.76. The van der Waals surface area contributed by atoms with Gasteiger partial charge >= 0.3 is 5.69 Å². The Labute approximate surface area is 159 Å². The van der Waals surface area contributed by atoms with E-state index < -0.39 is 28.4 Å². The quantitative estimate of drug-likeness (QED) is 0.543. The summed E-state index contributed by atoms with van der Waals surface area (Å²) in [6.07, 6.45) is 0. The van der Waals surface area contributed by atoms with Crippen molar-refractivity contribution in [1.82, 2.24) is 0 Å². The number of carbonyl (C=O) groups is 1. The van der Waals surface area contributed by atoms with Gasteiger partial charge in [-0.1, -0.05) is 11.6 Å². The number of nitrogens with one attached hydrogen (secondary N) is 2. The number of benzene rings is 2. The Hall–Kier alpha value is -3.07. The van der Waals surface area contributed by atoms with Gasteiger partial charge in [-0.05, 0) is 25.1 Å². The van der Waals surface area contributed by atoms with Crippen molar-refractivity contribution in [1.29, 1.82) is 0 Å². The molecule has 1 atom stereocenters. The number of ether oxygens (including phenoxy) is 2. The Balaban J connectivity index is 2.16. The average Bonchev–Trinajstić information content (AvgIpc) is 2.63. The van der Waals surface area contributed by atoms with Crippen molar-refractivity contribution < 1.29 is 23.6 Å². The highest BCUT2D eigenvalue weighted by molar-refractivity contribution is 6.32. The molecule has 0 fully saturated rings. The summed E-state index contributed by atoms with van der Waals surface area (Å²) in [5.74, 6) is -0.658. The van der Waals surface area contributed by atoms with Crippen LogP contribution in [-0.2, 0) is 4.79 Å². The molecule has 1 amide bonds. The minimum Gasteiger partial charge on any atom is -0.495 e. The number of nitro groups is 1. The summed E-state index contributed by atoms with van der Waals surface area (Å²) in [7, 11) is 2.92. The number of hydrogen-bond donors (Lipinski definition) is 2. The Morgan fingerprint density at radius 3 is 2.48 bits per heavy atom. The Morgan fingerprint density at radius 2 is 1.89 bits per heavy atom. The SMILES string of the molecule is COc1cc(OC)c(N[C@H](C)C(=O)Nc2ccc(F)c([N+](=O)[O-])c2)cc1Cl. The van der Waals surface area contributed by atoms with Crippen LogP contribution in [0.5, 0.6) is 11.5 Å². The van der Waals surface area contributed by atoms with E-state index >= 15 is 0 Å². The van der Waals surface area contributed by atoms with Gasteiger partial charge in [0.05, 0.1) is 29.9 Å². The van der Waals surface area contributed by atoms with Crippen molar-refractivity contribution in [3.63, 3.8) is 0 Å². The lowest BCUT2D eigenvalue weighted by Gasteiger charge is -2.18. The maximum absolute atomic E-state index is 13.4. The van der Waals surface area contributed by atoms with Crippen LogP contribution in [0.3, 0.4) is 0 Å². The smallest absolute Gasteiger partial charge is 0.306 e. The molecular formula is C17H17ClFN3O5. The molecule has 0 saturated heterocycles. The fourth-order valence-corrected chi connectivity index (χ4v) is 2.49. The zero-order valence-electron chi connectivity index (χ0n) is 14.7. The first-order chi connectivity index (χ1) is 12.8. The van der Waals surface area contributed by atoms with Gasteiger partial charge in [-0.2, -0.15) is 4.39 Å². The molecule has 0 aromatic heterocycles. The molecule has 0 radical (unpaired) electrons. The molecule has 0 aliphatic rings. The Kier molecular flexibility index (Phi) is 6.40. The predicted molar refractivity (Wildman–Crippen MR) is 99.3 cm³/mol. The summed E-state index contributed by atoms with van der Waals surface area (Å²) < 4.78 is 23.7. The molecule has 0 spiro atoms. The van der Waals surface area contributed by atoms with Gasteiger partial charge in [0.15, 0.2) is 0 Å². The maximum Gasteiger partial charge on any atom is 0.306 e. The summed E-state index contributed by atoms with van der Waals surface area (Å²) in [5, 5.41) is 16.5. The number of nitro benzene ring substituents is 1. The summed E-state index contributed by atoms with van der Waals surface area (Å²) in [6.45, 7) is 1.57. The van der Waals surface area contributed by atoms with Gasteiger partial charge in [0.1, 0.15) is 17.5 Å². The zero-order chi connectivity index (χ0) is 20.1. The maximum atomic E-state index is 13.4. The summed E-state index contributed by atoms with van der Waals surface area (Å²) in [5.41, 5.74) is -0.172. The van der Waals surface area contributed by atoms with Gasteiger partial charge in [0, 0.05) is 17.8 Å². The number of halogens is 2. The van der Waals surface area contributed by atoms with Crippen LogP contribution in [0.4, 0.5) is 21.5 Å². The first kappa shape index (κ1) is 20.2. The number of carbonyl (C=O) groups excluding carboxylic acids is 1. The van der Waals surface area contributed by atoms with E-state index in [9.17, 15) is 19.3 Å². The van der Waals surface area contributed by atoms with Crippen LogP contribution in [0.2, 0.25) is 5.02 Å². The molecule has 0 unspecified atom stereocenters. The number of amides is 1. The van der Waals surface area contributed by atoms with Crippen molar-refractivity contribution in [2.24, 2.45) is 0 Å². The molecule has 10 heteroatoms. The highest BCUT2D eigenvalue weighted by atomic mass is 35.5. The lowest BCUT2D eigenvalue weighted by molar-refractivity contribution is -0.387. The highest BCUT2D eigenvalue weighted by Gasteiger charge is 2.19. The second-order valence-electron chi connectivity index (χ2n) is 5.47. The Bertz CT molecular complexity index is 878. The van der Waals surface area contributed by atoms with Crippen molar-refractivity contribution >= 4 is 34.6 Å². The van der Waals surface area contributed by atoms with Crippen LogP contribution >= 0.6 is 11.6 Å². The third-order valence-corrected chi connectivity index (χ3v) is 3.94. The van der Waals surface area contributed by atoms with Crippen molar-refractivity contribution in [3.05, 3.63) is 51.3 Å². The first-order valence-electron chi connectivity index (χ1n) is 7.69. The van der Waals surface area contributed by atoms with E-state index in [0.29, 0.717) is 22.2 Å². The molecular weight excluding hydrogens is 381 g/mol. The second kappa shape index (κ2) is 8.54. The fourth-order valence-electron chi connectivity index (χ4n) is 2.25. The van der Waals surface area contributed by atoms with E-state index in [2.05, 4.69) is 10.6 Å². The van der Waals surface area contributed by atoms with E-state index in [1.54, 1.807) is 19.1 Å². The van der Waals surface area contributed by atoms with E-state index in [1.807, 2.05) is 0 Å². The van der Waals surface area contributed by atoms with Crippen LogP contribution in [0, 0.1) is 15.9 Å². The van der Waals surface area contributed by atoms with Gasteiger partial charge in [-0.15, -0.1) is 0 Å². The van der Waals surface area contributed by atoms with Gasteiger partial charge in [0.25, 0.3) is 0 Å². The average molecular weight is 398 g/mol. The molecule has 27 heavy (non-hydrogen) atoms. The van der Waals surface area contributed by atoms with Crippen molar-refractivity contribution in [2.75, 3.05) is 24.9 Å². The Morgan fingerprint density at radius 1 is 1.22 bits per heavy atom. The molecule has 0 heterocycles. The monoisotopic (exact) mass is 397 g/mol. The highest BCUT2D eigenvalue weighted by Crippen LogP contribution is 2.36. The van der Waals surface area contributed by atoms with Crippen LogP contribution in [0.15, 0.2) is 30.3 Å². The topological polar surface area (TPSA) is 103 Å². The zero-order valence-corrected chi connectivity index (χ0v) is 15.5. The van der Waals surface area contributed by atoms with Crippen molar-refractivity contribution in [3.8, 4) is 11.5 Å². The molecule has 2 aromatic rings. The molecule has 0 aliphatic carbocycles. The first-order valence-corrected chi connectivity index (χ1v) is 8.07. The minimum atomic E-state index is -0.984. The van der Waals surface area contributed by atoms with E-state index in [-0.39, 0.29) is 5.69 Å². The molecule has 2 aromatic carbocycles. The summed E-state index contributed by atoms with van der Waals surface area (Å²) in [4.78, 5) is 22.3. The van der Waals surface area contributed by atoms with Crippen molar-refractivity contribution in [2.45, 2.75) is 13.0 Å². The second-order valence-corrected chi connectivity index (χ2v) is 5.87. The summed E-state index contributed by atoms with van der Waals surface area (Å²) >= 11 is 6.09. The van der Waals surface area contributed by atoms with E-state index in [4.69, 9.17) is 21.1 Å². The number of methoxy groups -OCH3 is 2. The molecule has 8 nitrogen and oxygen atoms in total. The largest absolute Gasteiger partial charge is 0.495 e. The predicted octanol–water partition coefficient (Wildman–Crippen LogP) is 3.84. The summed E-state index contributed by atoms with van der Waals surface area (Å²) in [6, 6.07) is 5.46. The van der Waals surface area contributed by atoms with Gasteiger partial charge in [0.2, 0.25) is 11.7 Å². The van der Waals surface area contributed by atoms with Gasteiger partial charge < -0.3 is 20.1 Å². The molecule has 2 rings (SSSR count). The third-order valence-electron chi connectivity index (χ3n) is 3.65. The standard InChI is InChI=1S/C17H17ClFN3O5/c1-9(20-13-7-11(18)15(26-2)8-16(13)27-3)17(23)21-10-4-5-12(19)14(6-10)22(24)25/h4-9,20H,1-3H3,(H,21,23)/t9-/m1/s1. The lowest BCUT2D eigenvalue weighted by atomic mass is 10.2. The lowest BCUT2D eigenvalue weighted by Crippen LogP contribution is -2.32. The number of hydrogen-bond acceptors (Lipinski definition) is 6. The van der Waals surface area contributed by atoms with E-state index in [1.165, 1.54) is 20.3 Å². The molecule has 0 aliphatic heterocycles. The van der Waals surface area contributed by atoms with Gasteiger partial charge in [-0.3, -0.25) is 14.9 Å². The number of rotatable bonds is 7. The normalized spacial score (nSPS) is 11.4. The van der Waals surface area contributed by atoms with E-state index in [0.717, 1.165) is 12.1 Å². The number of nitrogens with zero attached hydrogens (tertiary/aromatic N) is 1. The van der Waals surface area contributed by atoms with Crippen LogP contribution in [0.25, 0.3) is 0 Å². The molecule has 144 valence electrons. The molecule has 0 saturated carbocycles. The van der Waals surface area contributed by atoms with Crippen LogP contribution < -0.4 is 20.1 Å². The van der Waals surface area contributed by atoms with Crippen LogP contribution in [0.1, 0.15) is 6.92 Å². The molecule has 2 N–H and O–H groups in total. The van der Waals surface area contributed by atoms with Gasteiger partial charge in [-0.25, -0.2) is 0 Å². The fraction of sp³-hybridized carbons (Fsp3) is 0.235.